The Hall–Kier alpha value is -1.12. The number of nitrogens with two attached hydrogens (primary N) is 1. The van der Waals surface area contributed by atoms with Crippen LogP contribution in [0, 0.1) is 0 Å². The van der Waals surface area contributed by atoms with Crippen molar-refractivity contribution in [3.05, 3.63) is 6.33 Å². The monoisotopic (exact) mass is 262 g/mol. The van der Waals surface area contributed by atoms with E-state index in [1.165, 1.54) is 15.2 Å². The van der Waals surface area contributed by atoms with Gasteiger partial charge in [-0.25, -0.2) is 13.4 Å². The largest absolute Gasteiger partial charge is 0.395 e. The van der Waals surface area contributed by atoms with E-state index in [0.717, 1.165) is 0 Å². The fraction of sp³-hybridized carbons (Fsp3) is 0.667. The molecular formula is C9H18N4O3S. The Labute approximate surface area is 101 Å². The maximum absolute atomic E-state index is 12.3. The van der Waals surface area contributed by atoms with Crippen molar-refractivity contribution >= 4 is 15.8 Å². The molecule has 1 heterocycles. The molecule has 8 heteroatoms. The normalized spacial score (nSPS) is 12.6. The third-order valence-corrected chi connectivity index (χ3v) is 4.57. The Morgan fingerprint density at radius 3 is 2.53 bits per heavy atom. The first-order chi connectivity index (χ1) is 7.82. The lowest BCUT2D eigenvalue weighted by atomic mass is 10.4. The van der Waals surface area contributed by atoms with Crippen LogP contribution in [0.15, 0.2) is 11.4 Å². The van der Waals surface area contributed by atoms with Crippen molar-refractivity contribution in [3.63, 3.8) is 0 Å². The molecule has 0 aliphatic heterocycles. The maximum atomic E-state index is 12.3. The van der Waals surface area contributed by atoms with Gasteiger partial charge < -0.3 is 15.4 Å². The summed E-state index contributed by atoms with van der Waals surface area (Å²) >= 11 is 0. The van der Waals surface area contributed by atoms with E-state index in [1.54, 1.807) is 20.9 Å². The second-order valence-corrected chi connectivity index (χ2v) is 5.78. The standard InChI is InChI=1S/C9H18N4O3S/c1-7(2)13(4-5-14)17(15,16)9-8(10)11-6-12(9)3/h6-7,14H,4-5,10H2,1-3H3. The SMILES string of the molecule is CC(C)N(CCO)S(=O)(=O)c1c(N)ncn1C. The number of rotatable bonds is 5. The summed E-state index contributed by atoms with van der Waals surface area (Å²) in [6, 6.07) is -0.263. The van der Waals surface area contributed by atoms with Crippen molar-refractivity contribution in [3.8, 4) is 0 Å². The first-order valence-corrected chi connectivity index (χ1v) is 6.65. The predicted octanol–water partition coefficient (Wildman–Crippen LogP) is -0.606. The molecule has 0 aromatic carbocycles. The quantitative estimate of drug-likeness (QED) is 0.737. The van der Waals surface area contributed by atoms with Gasteiger partial charge in [-0.15, -0.1) is 0 Å². The molecule has 1 rings (SSSR count). The highest BCUT2D eigenvalue weighted by Gasteiger charge is 2.31. The Balaban J connectivity index is 3.26. The average Bonchev–Trinajstić information content (AvgIpc) is 2.54. The number of aliphatic hydroxyl groups excluding tert-OH is 1. The summed E-state index contributed by atoms with van der Waals surface area (Å²) in [6.07, 6.45) is 1.35. The molecular weight excluding hydrogens is 244 g/mol. The molecule has 0 amide bonds. The van der Waals surface area contributed by atoms with E-state index in [1.807, 2.05) is 0 Å². The average molecular weight is 262 g/mol. The van der Waals surface area contributed by atoms with Gasteiger partial charge in [-0.1, -0.05) is 0 Å². The summed E-state index contributed by atoms with van der Waals surface area (Å²) in [5.41, 5.74) is 5.56. The molecule has 0 aliphatic carbocycles. The second kappa shape index (κ2) is 5.03. The summed E-state index contributed by atoms with van der Waals surface area (Å²) in [5.74, 6) is -0.0314. The van der Waals surface area contributed by atoms with E-state index in [9.17, 15) is 8.42 Å². The lowest BCUT2D eigenvalue weighted by molar-refractivity contribution is 0.236. The summed E-state index contributed by atoms with van der Waals surface area (Å²) in [6.45, 7) is 3.26. The number of anilines is 1. The van der Waals surface area contributed by atoms with Crippen LogP contribution in [0.25, 0.3) is 0 Å². The van der Waals surface area contributed by atoms with Gasteiger partial charge in [0.25, 0.3) is 10.0 Å². The number of aromatic nitrogens is 2. The number of hydrogen-bond donors (Lipinski definition) is 2. The van der Waals surface area contributed by atoms with Gasteiger partial charge in [0.05, 0.1) is 12.9 Å². The van der Waals surface area contributed by atoms with Crippen LogP contribution in [0.4, 0.5) is 5.82 Å². The van der Waals surface area contributed by atoms with Gasteiger partial charge in [0.2, 0.25) is 0 Å². The maximum Gasteiger partial charge on any atom is 0.262 e. The molecule has 0 radical (unpaired) electrons. The van der Waals surface area contributed by atoms with Gasteiger partial charge in [-0.3, -0.25) is 0 Å². The smallest absolute Gasteiger partial charge is 0.262 e. The molecule has 0 spiro atoms. The zero-order valence-corrected chi connectivity index (χ0v) is 11.0. The molecule has 98 valence electrons. The van der Waals surface area contributed by atoms with E-state index < -0.39 is 10.0 Å². The van der Waals surface area contributed by atoms with Crippen LogP contribution >= 0.6 is 0 Å². The minimum absolute atomic E-state index is 0.0314. The lowest BCUT2D eigenvalue weighted by Gasteiger charge is -2.25. The minimum atomic E-state index is -3.73. The van der Waals surface area contributed by atoms with Gasteiger partial charge in [-0.05, 0) is 13.8 Å². The lowest BCUT2D eigenvalue weighted by Crippen LogP contribution is -2.39. The molecule has 0 saturated heterocycles. The van der Waals surface area contributed by atoms with Crippen molar-refractivity contribution in [1.29, 1.82) is 0 Å². The molecule has 0 saturated carbocycles. The van der Waals surface area contributed by atoms with Gasteiger partial charge in [0.1, 0.15) is 0 Å². The highest BCUT2D eigenvalue weighted by Crippen LogP contribution is 2.21. The van der Waals surface area contributed by atoms with Crippen molar-refractivity contribution in [1.82, 2.24) is 13.9 Å². The fourth-order valence-corrected chi connectivity index (χ4v) is 3.44. The summed E-state index contributed by atoms with van der Waals surface area (Å²) < 4.78 is 27.2. The van der Waals surface area contributed by atoms with Gasteiger partial charge in [0.15, 0.2) is 10.8 Å². The predicted molar refractivity (Wildman–Crippen MR) is 63.7 cm³/mol. The number of nitrogen functional groups attached to an aromatic ring is 1. The van der Waals surface area contributed by atoms with Crippen molar-refractivity contribution in [2.24, 2.45) is 7.05 Å². The van der Waals surface area contributed by atoms with Crippen LogP contribution < -0.4 is 5.73 Å². The van der Waals surface area contributed by atoms with E-state index in [4.69, 9.17) is 10.8 Å². The zero-order valence-electron chi connectivity index (χ0n) is 10.2. The molecule has 1 aromatic rings. The Morgan fingerprint density at radius 1 is 1.59 bits per heavy atom. The van der Waals surface area contributed by atoms with Crippen LogP contribution in [0.2, 0.25) is 0 Å². The molecule has 3 N–H and O–H groups in total. The van der Waals surface area contributed by atoms with Crippen LogP contribution in [-0.4, -0.2) is 46.6 Å². The number of imidazole rings is 1. The van der Waals surface area contributed by atoms with Crippen LogP contribution in [0.1, 0.15) is 13.8 Å². The molecule has 0 atom stereocenters. The van der Waals surface area contributed by atoms with Crippen LogP contribution in [0.3, 0.4) is 0 Å². The van der Waals surface area contributed by atoms with E-state index in [-0.39, 0.29) is 30.0 Å². The van der Waals surface area contributed by atoms with Gasteiger partial charge in [-0.2, -0.15) is 4.31 Å². The number of aryl methyl sites for hydroxylation is 1. The van der Waals surface area contributed by atoms with Crippen LogP contribution in [-0.2, 0) is 17.1 Å². The van der Waals surface area contributed by atoms with Crippen LogP contribution in [0.5, 0.6) is 0 Å². The molecule has 0 unspecified atom stereocenters. The van der Waals surface area contributed by atoms with Crippen molar-refractivity contribution in [2.45, 2.75) is 24.9 Å². The summed E-state index contributed by atoms with van der Waals surface area (Å²) in [5, 5.41) is 8.88. The Kier molecular flexibility index (Phi) is 4.12. The number of nitrogens with zero attached hydrogens (tertiary/aromatic N) is 3. The van der Waals surface area contributed by atoms with Crippen molar-refractivity contribution < 1.29 is 13.5 Å². The molecule has 1 aromatic heterocycles. The first-order valence-electron chi connectivity index (χ1n) is 5.21. The second-order valence-electron chi connectivity index (χ2n) is 3.98. The number of sulfonamides is 1. The highest BCUT2D eigenvalue weighted by atomic mass is 32.2. The Morgan fingerprint density at radius 2 is 2.18 bits per heavy atom. The van der Waals surface area contributed by atoms with E-state index in [2.05, 4.69) is 4.98 Å². The minimum Gasteiger partial charge on any atom is -0.395 e. The van der Waals surface area contributed by atoms with Gasteiger partial charge in [0, 0.05) is 19.6 Å². The number of aliphatic hydroxyl groups is 1. The van der Waals surface area contributed by atoms with Crippen molar-refractivity contribution in [2.75, 3.05) is 18.9 Å². The third-order valence-electron chi connectivity index (χ3n) is 2.36. The zero-order chi connectivity index (χ0) is 13.2. The molecule has 7 nitrogen and oxygen atoms in total. The summed E-state index contributed by atoms with van der Waals surface area (Å²) in [4.78, 5) is 3.76. The first kappa shape index (κ1) is 13.9. The third kappa shape index (κ3) is 2.59. The molecule has 0 bridgehead atoms. The molecule has 17 heavy (non-hydrogen) atoms. The Bertz CT molecular complexity index is 461. The van der Waals surface area contributed by atoms with E-state index in [0.29, 0.717) is 0 Å². The van der Waals surface area contributed by atoms with Gasteiger partial charge >= 0.3 is 0 Å². The molecule has 0 aliphatic rings. The fourth-order valence-electron chi connectivity index (χ4n) is 1.62. The molecule has 0 fully saturated rings. The number of hydrogen-bond acceptors (Lipinski definition) is 5. The highest BCUT2D eigenvalue weighted by molar-refractivity contribution is 7.89. The summed E-state index contributed by atoms with van der Waals surface area (Å²) in [7, 11) is -2.17. The van der Waals surface area contributed by atoms with E-state index >= 15 is 0 Å². The topological polar surface area (TPSA) is 101 Å².